The van der Waals surface area contributed by atoms with E-state index in [4.69, 9.17) is 9.15 Å². The second kappa shape index (κ2) is 9.87. The second-order valence-electron chi connectivity index (χ2n) is 8.04. The van der Waals surface area contributed by atoms with Crippen LogP contribution in [0.3, 0.4) is 0 Å². The Bertz CT molecular complexity index is 988. The number of aliphatic hydroxyl groups is 1. The number of aliphatic hydroxyl groups excluding tert-OH is 1. The van der Waals surface area contributed by atoms with Crippen LogP contribution < -0.4 is 4.74 Å². The Morgan fingerprint density at radius 2 is 1.91 bits per heavy atom. The Balaban J connectivity index is 1.63. The number of carbonyl (C=O) groups is 2. The van der Waals surface area contributed by atoms with Crippen molar-refractivity contribution in [1.29, 1.82) is 0 Å². The van der Waals surface area contributed by atoms with Gasteiger partial charge in [-0.3, -0.25) is 9.59 Å². The number of carbonyl (C=O) groups excluding carboxylic acids is 2. The van der Waals surface area contributed by atoms with E-state index in [9.17, 15) is 14.7 Å². The molecule has 1 N–H and O–H groups in total. The quantitative estimate of drug-likeness (QED) is 0.474. The highest BCUT2D eigenvalue weighted by Gasteiger charge is 2.44. The fraction of sp³-hybridized carbons (Fsp3) is 0.360. The number of benzene rings is 1. The number of rotatable bonds is 9. The summed E-state index contributed by atoms with van der Waals surface area (Å²) in [6.07, 6.45) is 6.58. The first-order valence-corrected chi connectivity index (χ1v) is 11.0. The number of nitrogens with zero attached hydrogens (tertiary/aromatic N) is 2. The third-order valence-corrected chi connectivity index (χ3v) is 5.96. The van der Waals surface area contributed by atoms with Crippen LogP contribution in [0.5, 0.6) is 5.75 Å². The van der Waals surface area contributed by atoms with Crippen LogP contribution in [0.25, 0.3) is 0 Å². The summed E-state index contributed by atoms with van der Waals surface area (Å²) in [6, 6.07) is 9.66. The lowest BCUT2D eigenvalue weighted by Crippen LogP contribution is -2.40. The van der Waals surface area contributed by atoms with Crippen molar-refractivity contribution in [3.8, 4) is 5.75 Å². The molecule has 1 amide bonds. The molecule has 3 heterocycles. The molecule has 32 heavy (non-hydrogen) atoms. The third-order valence-electron chi connectivity index (χ3n) is 5.96. The van der Waals surface area contributed by atoms with Crippen LogP contribution in [-0.4, -0.2) is 59.4 Å². The van der Waals surface area contributed by atoms with Crippen molar-refractivity contribution in [3.63, 3.8) is 0 Å². The van der Waals surface area contributed by atoms with Crippen molar-refractivity contribution in [1.82, 2.24) is 9.80 Å². The first-order chi connectivity index (χ1) is 15.6. The number of furan rings is 1. The minimum absolute atomic E-state index is 0.0448. The van der Waals surface area contributed by atoms with Gasteiger partial charge in [-0.1, -0.05) is 31.2 Å². The predicted octanol–water partition coefficient (Wildman–Crippen LogP) is 3.91. The van der Waals surface area contributed by atoms with Crippen LogP contribution in [0, 0.1) is 0 Å². The highest BCUT2D eigenvalue weighted by atomic mass is 16.5. The van der Waals surface area contributed by atoms with Crippen LogP contribution >= 0.6 is 0 Å². The molecule has 1 aromatic carbocycles. The molecule has 7 nitrogen and oxygen atoms in total. The Kier molecular flexibility index (Phi) is 6.75. The summed E-state index contributed by atoms with van der Waals surface area (Å²) in [6.45, 7) is 7.13. The molecule has 2 aromatic rings. The van der Waals surface area contributed by atoms with Gasteiger partial charge in [0.25, 0.3) is 5.91 Å². The molecule has 1 fully saturated rings. The average Bonchev–Trinajstić information content (AvgIpc) is 3.45. The maximum atomic E-state index is 13.2. The first-order valence-electron chi connectivity index (χ1n) is 11.0. The van der Waals surface area contributed by atoms with E-state index in [-0.39, 0.29) is 11.3 Å². The molecule has 4 rings (SSSR count). The van der Waals surface area contributed by atoms with E-state index in [1.165, 1.54) is 18.8 Å². The van der Waals surface area contributed by atoms with Gasteiger partial charge < -0.3 is 24.1 Å². The highest BCUT2D eigenvalue weighted by molar-refractivity contribution is 6.15. The van der Waals surface area contributed by atoms with Gasteiger partial charge in [0.1, 0.15) is 12.4 Å². The zero-order valence-corrected chi connectivity index (χ0v) is 18.0. The predicted molar refractivity (Wildman–Crippen MR) is 120 cm³/mol. The van der Waals surface area contributed by atoms with E-state index in [0.29, 0.717) is 25.4 Å². The Hall–Kier alpha value is -3.32. The summed E-state index contributed by atoms with van der Waals surface area (Å²) in [4.78, 5) is 30.1. The third kappa shape index (κ3) is 4.48. The molecule has 1 atom stereocenters. The minimum Gasteiger partial charge on any atom is -0.503 e. The van der Waals surface area contributed by atoms with Gasteiger partial charge in [-0.15, -0.1) is 0 Å². The number of ketones is 1. The van der Waals surface area contributed by atoms with Gasteiger partial charge in [-0.05, 0) is 55.8 Å². The molecule has 0 saturated carbocycles. The van der Waals surface area contributed by atoms with Crippen molar-refractivity contribution in [2.45, 2.75) is 25.3 Å². The average molecular weight is 437 g/mol. The first kappa shape index (κ1) is 21.9. The molecule has 168 valence electrons. The summed E-state index contributed by atoms with van der Waals surface area (Å²) >= 11 is 0. The van der Waals surface area contributed by atoms with E-state index in [1.807, 2.05) is 12.1 Å². The Morgan fingerprint density at radius 1 is 1.16 bits per heavy atom. The van der Waals surface area contributed by atoms with Gasteiger partial charge in [0, 0.05) is 13.1 Å². The summed E-state index contributed by atoms with van der Waals surface area (Å²) in [5.74, 6) is -0.785. The van der Waals surface area contributed by atoms with Gasteiger partial charge in [-0.25, -0.2) is 0 Å². The molecule has 0 aliphatic carbocycles. The van der Waals surface area contributed by atoms with E-state index < -0.39 is 23.5 Å². The lowest BCUT2D eigenvalue weighted by atomic mass is 9.95. The molecule has 0 radical (unpaired) electrons. The molecule has 1 unspecified atom stereocenters. The lowest BCUT2D eigenvalue weighted by molar-refractivity contribution is -0.129. The monoisotopic (exact) mass is 436 g/mol. The maximum absolute atomic E-state index is 13.2. The Labute approximate surface area is 187 Å². The lowest BCUT2D eigenvalue weighted by Gasteiger charge is -2.31. The SMILES string of the molecule is C=CCOc1ccc(C2C(C(=O)c3ccco3)=C(O)C(=O)N2CCN2CCCCC2)cc1. The van der Waals surface area contributed by atoms with E-state index in [0.717, 1.165) is 31.5 Å². The molecule has 0 bridgehead atoms. The summed E-state index contributed by atoms with van der Waals surface area (Å²) in [5.41, 5.74) is 0.769. The van der Waals surface area contributed by atoms with Gasteiger partial charge in [-0.2, -0.15) is 0 Å². The van der Waals surface area contributed by atoms with Crippen molar-refractivity contribution in [3.05, 3.63) is 78.0 Å². The van der Waals surface area contributed by atoms with Gasteiger partial charge in [0.15, 0.2) is 11.5 Å². The van der Waals surface area contributed by atoms with Crippen LogP contribution in [0.1, 0.15) is 41.4 Å². The van der Waals surface area contributed by atoms with Crippen molar-refractivity contribution in [2.75, 3.05) is 32.8 Å². The number of hydrogen-bond acceptors (Lipinski definition) is 6. The number of hydrogen-bond donors (Lipinski definition) is 1. The van der Waals surface area contributed by atoms with Crippen LogP contribution in [0.15, 0.2) is 71.1 Å². The maximum Gasteiger partial charge on any atom is 0.290 e. The molecule has 0 spiro atoms. The van der Waals surface area contributed by atoms with Crippen molar-refractivity contribution in [2.24, 2.45) is 0 Å². The zero-order chi connectivity index (χ0) is 22.5. The van der Waals surface area contributed by atoms with Crippen LogP contribution in [0.2, 0.25) is 0 Å². The number of likely N-dealkylation sites (tertiary alicyclic amines) is 1. The molecule has 1 aromatic heterocycles. The second-order valence-corrected chi connectivity index (χ2v) is 8.04. The van der Waals surface area contributed by atoms with E-state index in [1.54, 1.807) is 29.2 Å². The van der Waals surface area contributed by atoms with Gasteiger partial charge in [0.05, 0.1) is 17.9 Å². The highest BCUT2D eigenvalue weighted by Crippen LogP contribution is 2.39. The molecular weight excluding hydrogens is 408 g/mol. The van der Waals surface area contributed by atoms with Crippen molar-refractivity contribution >= 4 is 11.7 Å². The summed E-state index contributed by atoms with van der Waals surface area (Å²) < 4.78 is 10.8. The minimum atomic E-state index is -0.696. The van der Waals surface area contributed by atoms with E-state index in [2.05, 4.69) is 11.5 Å². The normalized spacial score (nSPS) is 19.4. The molecule has 7 heteroatoms. The molecule has 2 aliphatic rings. The number of piperidine rings is 1. The van der Waals surface area contributed by atoms with Gasteiger partial charge in [0.2, 0.25) is 5.78 Å². The smallest absolute Gasteiger partial charge is 0.290 e. The van der Waals surface area contributed by atoms with Gasteiger partial charge >= 0.3 is 0 Å². The van der Waals surface area contributed by atoms with Crippen LogP contribution in [-0.2, 0) is 4.79 Å². The molecule has 2 aliphatic heterocycles. The topological polar surface area (TPSA) is 83.2 Å². The summed E-state index contributed by atoms with van der Waals surface area (Å²) in [7, 11) is 0. The zero-order valence-electron chi connectivity index (χ0n) is 18.0. The number of ether oxygens (including phenoxy) is 1. The Morgan fingerprint density at radius 3 is 2.56 bits per heavy atom. The molecule has 1 saturated heterocycles. The van der Waals surface area contributed by atoms with E-state index >= 15 is 0 Å². The fourth-order valence-electron chi connectivity index (χ4n) is 4.34. The largest absolute Gasteiger partial charge is 0.503 e. The van der Waals surface area contributed by atoms with Crippen LogP contribution in [0.4, 0.5) is 0 Å². The fourth-order valence-corrected chi connectivity index (χ4v) is 4.34. The standard InChI is InChI=1S/C25H28N2O5/c1-2-16-31-19-10-8-18(9-11-19)22-21(23(28)20-7-6-17-32-20)24(29)25(30)27(22)15-14-26-12-4-3-5-13-26/h2,6-11,17,22,29H,1,3-5,12-16H2. The van der Waals surface area contributed by atoms with Crippen molar-refractivity contribution < 1.29 is 23.8 Å². The number of Topliss-reactive ketones (excluding diaryl/α,β-unsaturated/α-hetero) is 1. The summed E-state index contributed by atoms with van der Waals surface area (Å²) in [5, 5.41) is 10.7. The number of amides is 1. The molecular formula is C25H28N2O5.